The maximum atomic E-state index is 12.9. The minimum absolute atomic E-state index is 0.259. The van der Waals surface area contributed by atoms with Gasteiger partial charge in [0.1, 0.15) is 0 Å². The second-order valence-electron chi connectivity index (χ2n) is 6.81. The molecular weight excluding hydrogens is 322 g/mol. The molecule has 2 saturated heterocycles. The molecule has 0 spiro atoms. The zero-order valence-electron chi connectivity index (χ0n) is 13.6. The van der Waals surface area contributed by atoms with Crippen LogP contribution in [0.2, 0.25) is 0 Å². The van der Waals surface area contributed by atoms with Gasteiger partial charge in [-0.15, -0.1) is 0 Å². The fourth-order valence-corrected chi connectivity index (χ4v) is 4.87. The number of sulfone groups is 1. The van der Waals surface area contributed by atoms with Crippen molar-refractivity contribution in [1.29, 1.82) is 0 Å². The highest BCUT2D eigenvalue weighted by Crippen LogP contribution is 2.29. The molecule has 24 heavy (non-hydrogen) atoms. The number of nitrogens with zero attached hydrogens (tertiary/aromatic N) is 2. The summed E-state index contributed by atoms with van der Waals surface area (Å²) in [6.45, 7) is 4.86. The lowest BCUT2D eigenvalue weighted by atomic mass is 10.00. The molecule has 1 N–H and O–H groups in total. The summed E-state index contributed by atoms with van der Waals surface area (Å²) in [5, 5.41) is 3.51. The predicted molar refractivity (Wildman–Crippen MR) is 93.0 cm³/mol. The molecule has 0 amide bonds. The van der Waals surface area contributed by atoms with Gasteiger partial charge < -0.3 is 10.2 Å². The molecule has 0 saturated carbocycles. The Bertz CT molecular complexity index is 837. The maximum Gasteiger partial charge on any atom is 0.208 e. The Kier molecular flexibility index (Phi) is 3.81. The zero-order chi connectivity index (χ0) is 16.7. The molecule has 2 atom stereocenters. The van der Waals surface area contributed by atoms with Gasteiger partial charge in [0.2, 0.25) is 9.84 Å². The molecule has 2 aromatic rings. The van der Waals surface area contributed by atoms with E-state index >= 15 is 0 Å². The van der Waals surface area contributed by atoms with Crippen molar-refractivity contribution in [2.75, 3.05) is 24.5 Å². The summed E-state index contributed by atoms with van der Waals surface area (Å²) < 4.78 is 25.7. The quantitative estimate of drug-likeness (QED) is 0.924. The molecule has 1 aromatic heterocycles. The molecule has 6 heteroatoms. The van der Waals surface area contributed by atoms with Crippen LogP contribution in [0, 0.1) is 12.8 Å². The zero-order valence-corrected chi connectivity index (χ0v) is 14.5. The van der Waals surface area contributed by atoms with Crippen LogP contribution in [-0.4, -0.2) is 39.1 Å². The van der Waals surface area contributed by atoms with Crippen molar-refractivity contribution in [3.63, 3.8) is 0 Å². The second-order valence-corrected chi connectivity index (χ2v) is 8.76. The third-order valence-electron chi connectivity index (χ3n) is 4.94. The fraction of sp³-hybridized carbons (Fsp3) is 0.389. The number of benzene rings is 1. The third-order valence-corrected chi connectivity index (χ3v) is 6.67. The lowest BCUT2D eigenvalue weighted by Gasteiger charge is -2.32. The SMILES string of the molecule is Cc1ccc(S(=O)(=O)c2cncc(N3CC4CNC(C4)C3)c2)cc1. The lowest BCUT2D eigenvalue weighted by Crippen LogP contribution is -2.41. The van der Waals surface area contributed by atoms with E-state index in [1.165, 1.54) is 12.6 Å². The van der Waals surface area contributed by atoms with Gasteiger partial charge in [-0.05, 0) is 37.5 Å². The Balaban J connectivity index is 1.66. The number of anilines is 1. The topological polar surface area (TPSA) is 62.3 Å². The van der Waals surface area contributed by atoms with Gasteiger partial charge in [-0.3, -0.25) is 4.98 Å². The van der Waals surface area contributed by atoms with E-state index in [-0.39, 0.29) is 4.90 Å². The summed E-state index contributed by atoms with van der Waals surface area (Å²) in [6.07, 6.45) is 4.42. The van der Waals surface area contributed by atoms with Crippen LogP contribution in [0.25, 0.3) is 0 Å². The number of fused-ring (bicyclic) bond motifs is 2. The van der Waals surface area contributed by atoms with Gasteiger partial charge in [-0.1, -0.05) is 17.7 Å². The molecule has 1 aromatic carbocycles. The lowest BCUT2D eigenvalue weighted by molar-refractivity contribution is 0.474. The van der Waals surface area contributed by atoms with Crippen LogP contribution in [0.1, 0.15) is 12.0 Å². The highest BCUT2D eigenvalue weighted by molar-refractivity contribution is 7.91. The molecule has 0 radical (unpaired) electrons. The summed E-state index contributed by atoms with van der Waals surface area (Å²) >= 11 is 0. The smallest absolute Gasteiger partial charge is 0.208 e. The molecule has 0 aliphatic carbocycles. The summed E-state index contributed by atoms with van der Waals surface area (Å²) in [5.74, 6) is 0.640. The van der Waals surface area contributed by atoms with Crippen LogP contribution in [0.15, 0.2) is 52.5 Å². The van der Waals surface area contributed by atoms with Gasteiger partial charge >= 0.3 is 0 Å². The molecule has 2 unspecified atom stereocenters. The average Bonchev–Trinajstić information content (AvgIpc) is 2.93. The van der Waals surface area contributed by atoms with E-state index in [4.69, 9.17) is 0 Å². The van der Waals surface area contributed by atoms with Gasteiger partial charge in [0, 0.05) is 31.9 Å². The molecule has 5 nitrogen and oxygen atoms in total. The first-order valence-electron chi connectivity index (χ1n) is 8.27. The molecule has 3 heterocycles. The average molecular weight is 343 g/mol. The van der Waals surface area contributed by atoms with Gasteiger partial charge in [0.25, 0.3) is 0 Å². The first kappa shape index (κ1) is 15.6. The number of hydrogen-bond donors (Lipinski definition) is 1. The van der Waals surface area contributed by atoms with E-state index in [1.807, 2.05) is 19.1 Å². The molecular formula is C18H21N3O2S. The molecule has 2 aliphatic rings. The van der Waals surface area contributed by atoms with Crippen molar-refractivity contribution in [1.82, 2.24) is 10.3 Å². The van der Waals surface area contributed by atoms with Gasteiger partial charge in [-0.25, -0.2) is 8.42 Å². The molecule has 2 fully saturated rings. The van der Waals surface area contributed by atoms with Crippen LogP contribution >= 0.6 is 0 Å². The van der Waals surface area contributed by atoms with E-state index in [0.717, 1.165) is 30.9 Å². The Morgan fingerprint density at radius 3 is 2.67 bits per heavy atom. The monoisotopic (exact) mass is 343 g/mol. The molecule has 4 rings (SSSR count). The Morgan fingerprint density at radius 2 is 1.92 bits per heavy atom. The number of nitrogens with one attached hydrogen (secondary N) is 1. The number of rotatable bonds is 3. The van der Waals surface area contributed by atoms with Crippen molar-refractivity contribution < 1.29 is 8.42 Å². The summed E-state index contributed by atoms with van der Waals surface area (Å²) in [5.41, 5.74) is 1.93. The van der Waals surface area contributed by atoms with Crippen molar-refractivity contribution in [2.45, 2.75) is 29.2 Å². The highest BCUT2D eigenvalue weighted by Gasteiger charge is 2.33. The van der Waals surface area contributed by atoms with E-state index in [9.17, 15) is 8.42 Å². The van der Waals surface area contributed by atoms with Crippen molar-refractivity contribution in [3.05, 3.63) is 48.3 Å². The summed E-state index contributed by atoms with van der Waals surface area (Å²) in [4.78, 5) is 7.02. The molecule has 2 aliphatic heterocycles. The van der Waals surface area contributed by atoms with E-state index in [2.05, 4.69) is 15.2 Å². The Morgan fingerprint density at radius 1 is 1.12 bits per heavy atom. The maximum absolute atomic E-state index is 12.9. The van der Waals surface area contributed by atoms with Gasteiger partial charge in [0.05, 0.1) is 21.7 Å². The number of aryl methyl sites for hydroxylation is 1. The van der Waals surface area contributed by atoms with Crippen molar-refractivity contribution in [2.24, 2.45) is 5.92 Å². The molecule has 126 valence electrons. The van der Waals surface area contributed by atoms with Gasteiger partial charge in [-0.2, -0.15) is 0 Å². The largest absolute Gasteiger partial charge is 0.368 e. The van der Waals surface area contributed by atoms with Crippen LogP contribution in [0.5, 0.6) is 0 Å². The molecule has 2 bridgehead atoms. The van der Waals surface area contributed by atoms with E-state index < -0.39 is 9.84 Å². The minimum atomic E-state index is -3.53. The van der Waals surface area contributed by atoms with Gasteiger partial charge in [0.15, 0.2) is 0 Å². The number of pyridine rings is 1. The van der Waals surface area contributed by atoms with E-state index in [0.29, 0.717) is 16.9 Å². The number of hydrogen-bond acceptors (Lipinski definition) is 5. The van der Waals surface area contributed by atoms with Crippen molar-refractivity contribution >= 4 is 15.5 Å². The number of aromatic nitrogens is 1. The predicted octanol–water partition coefficient (Wildman–Crippen LogP) is 2.02. The first-order valence-corrected chi connectivity index (χ1v) is 9.76. The van der Waals surface area contributed by atoms with Crippen LogP contribution in [0.3, 0.4) is 0 Å². The Hall–Kier alpha value is -1.92. The Labute approximate surface area is 142 Å². The minimum Gasteiger partial charge on any atom is -0.368 e. The van der Waals surface area contributed by atoms with E-state index in [1.54, 1.807) is 24.4 Å². The standard InChI is InChI=1S/C18H21N3O2S/c1-13-2-4-17(5-3-13)24(22,23)18-7-16(9-19-10-18)21-11-14-6-15(12-21)20-8-14/h2-5,7,9-10,14-15,20H,6,8,11-12H2,1H3. The third kappa shape index (κ3) is 2.80. The fourth-order valence-electron chi connectivity index (χ4n) is 3.62. The first-order chi connectivity index (χ1) is 11.5. The highest BCUT2D eigenvalue weighted by atomic mass is 32.2. The van der Waals surface area contributed by atoms with Crippen molar-refractivity contribution in [3.8, 4) is 0 Å². The normalized spacial score (nSPS) is 23.5. The van der Waals surface area contributed by atoms with Crippen LogP contribution < -0.4 is 10.2 Å². The van der Waals surface area contributed by atoms with Crippen LogP contribution in [0.4, 0.5) is 5.69 Å². The summed E-state index contributed by atoms with van der Waals surface area (Å²) in [7, 11) is -3.53. The number of piperidine rings is 1. The van der Waals surface area contributed by atoms with Crippen LogP contribution in [-0.2, 0) is 9.84 Å². The second kappa shape index (κ2) is 5.86. The summed E-state index contributed by atoms with van der Waals surface area (Å²) in [6, 6.07) is 9.20.